The van der Waals surface area contributed by atoms with Crippen molar-refractivity contribution >= 4 is 6.29 Å². The maximum Gasteiger partial charge on any atom is 0.157 e. The Morgan fingerprint density at radius 1 is 0.950 bits per heavy atom. The van der Waals surface area contributed by atoms with Crippen molar-refractivity contribution in [2.24, 2.45) is 0 Å². The molecule has 0 aliphatic rings. The second kappa shape index (κ2) is 6.06. The average Bonchev–Trinajstić information content (AvgIpc) is 2.48. The van der Waals surface area contributed by atoms with Crippen molar-refractivity contribution in [3.05, 3.63) is 47.8 Å². The van der Waals surface area contributed by atoms with Gasteiger partial charge in [0.1, 0.15) is 28.8 Å². The zero-order valence-corrected chi connectivity index (χ0v) is 11.1. The van der Waals surface area contributed by atoms with E-state index in [4.69, 9.17) is 14.2 Å². The quantitative estimate of drug-likeness (QED) is 0.785. The first-order valence-corrected chi connectivity index (χ1v) is 5.82. The minimum Gasteiger partial charge on any atom is -0.496 e. The van der Waals surface area contributed by atoms with Crippen molar-refractivity contribution in [1.29, 1.82) is 0 Å². The Bertz CT molecular complexity index is 583. The molecular formula is C15H13FO4. The van der Waals surface area contributed by atoms with Crippen LogP contribution in [0, 0.1) is 5.82 Å². The van der Waals surface area contributed by atoms with Gasteiger partial charge >= 0.3 is 0 Å². The van der Waals surface area contributed by atoms with Crippen LogP contribution in [0.25, 0.3) is 0 Å². The molecular weight excluding hydrogens is 263 g/mol. The van der Waals surface area contributed by atoms with E-state index in [2.05, 4.69) is 0 Å². The van der Waals surface area contributed by atoms with Gasteiger partial charge in [0, 0.05) is 12.1 Å². The molecule has 20 heavy (non-hydrogen) atoms. The van der Waals surface area contributed by atoms with E-state index in [0.717, 1.165) is 0 Å². The van der Waals surface area contributed by atoms with Crippen LogP contribution < -0.4 is 14.2 Å². The lowest BCUT2D eigenvalue weighted by Gasteiger charge is -2.12. The second-order valence-corrected chi connectivity index (χ2v) is 3.92. The molecule has 0 unspecified atom stereocenters. The molecule has 0 spiro atoms. The SMILES string of the molecule is COc1cc(Oc2ccc(F)cc2)cc(OC)c1C=O. The van der Waals surface area contributed by atoms with Crippen LogP contribution in [0.5, 0.6) is 23.0 Å². The monoisotopic (exact) mass is 276 g/mol. The number of hydrogen-bond acceptors (Lipinski definition) is 4. The molecule has 0 aromatic heterocycles. The van der Waals surface area contributed by atoms with E-state index >= 15 is 0 Å². The van der Waals surface area contributed by atoms with Gasteiger partial charge in [-0.2, -0.15) is 0 Å². The summed E-state index contributed by atoms with van der Waals surface area (Å²) in [6.07, 6.45) is 0.652. The molecule has 0 saturated heterocycles. The Morgan fingerprint density at radius 2 is 1.50 bits per heavy atom. The van der Waals surface area contributed by atoms with Crippen LogP contribution >= 0.6 is 0 Å². The number of hydrogen-bond donors (Lipinski definition) is 0. The van der Waals surface area contributed by atoms with Crippen LogP contribution in [0.2, 0.25) is 0 Å². The molecule has 0 fully saturated rings. The Kier molecular flexibility index (Phi) is 4.20. The molecule has 4 nitrogen and oxygen atoms in total. The Balaban J connectivity index is 2.37. The second-order valence-electron chi connectivity index (χ2n) is 3.92. The number of carbonyl (C=O) groups excluding carboxylic acids is 1. The van der Waals surface area contributed by atoms with Crippen molar-refractivity contribution in [1.82, 2.24) is 0 Å². The van der Waals surface area contributed by atoms with Gasteiger partial charge in [0.15, 0.2) is 6.29 Å². The number of aldehydes is 1. The largest absolute Gasteiger partial charge is 0.496 e. The lowest BCUT2D eigenvalue weighted by molar-refractivity contribution is 0.111. The van der Waals surface area contributed by atoms with Crippen molar-refractivity contribution in [2.75, 3.05) is 14.2 Å². The third kappa shape index (κ3) is 2.88. The van der Waals surface area contributed by atoms with E-state index in [1.807, 2.05) is 0 Å². The van der Waals surface area contributed by atoms with E-state index in [0.29, 0.717) is 34.8 Å². The molecule has 104 valence electrons. The van der Waals surface area contributed by atoms with Crippen LogP contribution in [0.4, 0.5) is 4.39 Å². The standard InChI is InChI=1S/C15H13FO4/c1-18-14-7-12(8-15(19-2)13(14)9-17)20-11-5-3-10(16)4-6-11/h3-9H,1-2H3. The fourth-order valence-corrected chi connectivity index (χ4v) is 1.73. The Hall–Kier alpha value is -2.56. The fourth-order valence-electron chi connectivity index (χ4n) is 1.73. The van der Waals surface area contributed by atoms with Gasteiger partial charge in [0.25, 0.3) is 0 Å². The van der Waals surface area contributed by atoms with Gasteiger partial charge in [-0.3, -0.25) is 4.79 Å². The zero-order chi connectivity index (χ0) is 14.5. The number of halogens is 1. The van der Waals surface area contributed by atoms with Gasteiger partial charge in [-0.25, -0.2) is 4.39 Å². The third-order valence-corrected chi connectivity index (χ3v) is 2.68. The molecule has 0 amide bonds. The highest BCUT2D eigenvalue weighted by atomic mass is 19.1. The molecule has 0 bridgehead atoms. The van der Waals surface area contributed by atoms with E-state index in [-0.39, 0.29) is 5.82 Å². The normalized spacial score (nSPS) is 9.95. The molecule has 2 aromatic carbocycles. The molecule has 2 rings (SSSR count). The van der Waals surface area contributed by atoms with Gasteiger partial charge in [-0.15, -0.1) is 0 Å². The van der Waals surface area contributed by atoms with E-state index < -0.39 is 0 Å². The maximum atomic E-state index is 12.8. The predicted octanol–water partition coefficient (Wildman–Crippen LogP) is 3.45. The van der Waals surface area contributed by atoms with Crippen molar-refractivity contribution in [2.45, 2.75) is 0 Å². The van der Waals surface area contributed by atoms with Crippen LogP contribution in [0.15, 0.2) is 36.4 Å². The van der Waals surface area contributed by atoms with Gasteiger partial charge in [0.05, 0.1) is 19.8 Å². The minimum absolute atomic E-state index is 0.307. The summed E-state index contributed by atoms with van der Waals surface area (Å²) in [7, 11) is 2.90. The highest BCUT2D eigenvalue weighted by molar-refractivity contribution is 5.84. The van der Waals surface area contributed by atoms with Crippen molar-refractivity contribution in [3.63, 3.8) is 0 Å². The predicted molar refractivity (Wildman–Crippen MR) is 71.4 cm³/mol. The summed E-state index contributed by atoms with van der Waals surface area (Å²) in [6, 6.07) is 8.72. The Morgan fingerprint density at radius 3 is 1.95 bits per heavy atom. The number of benzene rings is 2. The molecule has 0 radical (unpaired) electrons. The summed E-state index contributed by atoms with van der Waals surface area (Å²) in [5.41, 5.74) is 0.307. The lowest BCUT2D eigenvalue weighted by atomic mass is 10.2. The number of rotatable bonds is 5. The van der Waals surface area contributed by atoms with Gasteiger partial charge in [-0.1, -0.05) is 0 Å². The van der Waals surface area contributed by atoms with Gasteiger partial charge < -0.3 is 14.2 Å². The smallest absolute Gasteiger partial charge is 0.157 e. The summed E-state index contributed by atoms with van der Waals surface area (Å²) < 4.78 is 28.7. The average molecular weight is 276 g/mol. The molecule has 0 saturated carbocycles. The topological polar surface area (TPSA) is 44.8 Å². The van der Waals surface area contributed by atoms with Gasteiger partial charge in [0.2, 0.25) is 0 Å². The summed E-state index contributed by atoms with van der Waals surface area (Å²) >= 11 is 0. The van der Waals surface area contributed by atoms with Crippen LogP contribution in [-0.2, 0) is 0 Å². The minimum atomic E-state index is -0.344. The third-order valence-electron chi connectivity index (χ3n) is 2.68. The zero-order valence-electron chi connectivity index (χ0n) is 11.1. The molecule has 2 aromatic rings. The van der Waals surface area contributed by atoms with E-state index in [9.17, 15) is 9.18 Å². The number of carbonyl (C=O) groups is 1. The molecule has 0 atom stereocenters. The summed E-state index contributed by atoms with van der Waals surface area (Å²) in [4.78, 5) is 11.0. The molecule has 5 heteroatoms. The van der Waals surface area contributed by atoms with Crippen molar-refractivity contribution < 1.29 is 23.4 Å². The van der Waals surface area contributed by atoms with E-state index in [1.54, 1.807) is 12.1 Å². The lowest BCUT2D eigenvalue weighted by Crippen LogP contribution is -1.97. The first-order chi connectivity index (χ1) is 9.67. The summed E-state index contributed by atoms with van der Waals surface area (Å²) in [5, 5.41) is 0. The van der Waals surface area contributed by atoms with Crippen molar-refractivity contribution in [3.8, 4) is 23.0 Å². The fraction of sp³-hybridized carbons (Fsp3) is 0.133. The molecule has 0 aliphatic heterocycles. The highest BCUT2D eigenvalue weighted by Gasteiger charge is 2.13. The number of ether oxygens (including phenoxy) is 3. The first kappa shape index (κ1) is 13.9. The first-order valence-electron chi connectivity index (χ1n) is 5.82. The van der Waals surface area contributed by atoms with Crippen LogP contribution in [0.3, 0.4) is 0 Å². The van der Waals surface area contributed by atoms with Gasteiger partial charge in [-0.05, 0) is 24.3 Å². The Labute approximate surface area is 115 Å². The number of methoxy groups -OCH3 is 2. The van der Waals surface area contributed by atoms with E-state index in [1.165, 1.54) is 38.5 Å². The molecule has 0 aliphatic carbocycles. The molecule has 0 N–H and O–H groups in total. The van der Waals surface area contributed by atoms with Crippen LogP contribution in [0.1, 0.15) is 10.4 Å². The summed E-state index contributed by atoms with van der Waals surface area (Å²) in [6.45, 7) is 0. The molecule has 0 heterocycles. The maximum absolute atomic E-state index is 12.8. The summed E-state index contributed by atoms with van der Waals surface area (Å²) in [5.74, 6) is 1.24. The highest BCUT2D eigenvalue weighted by Crippen LogP contribution is 2.34. The van der Waals surface area contributed by atoms with Crippen LogP contribution in [-0.4, -0.2) is 20.5 Å².